The number of nitrogens with zero attached hydrogens (tertiary/aromatic N) is 4. The van der Waals surface area contributed by atoms with Gasteiger partial charge < -0.3 is 9.32 Å². The van der Waals surface area contributed by atoms with Gasteiger partial charge in [-0.25, -0.2) is 4.39 Å². The zero-order valence-corrected chi connectivity index (χ0v) is 21.6. The molecule has 0 N–H and O–H groups in total. The van der Waals surface area contributed by atoms with E-state index in [1.165, 1.54) is 15.9 Å². The summed E-state index contributed by atoms with van der Waals surface area (Å²) in [7, 11) is 0. The van der Waals surface area contributed by atoms with Gasteiger partial charge in [0.1, 0.15) is 16.4 Å². The van der Waals surface area contributed by atoms with Crippen LogP contribution in [0.2, 0.25) is 0 Å². The molecule has 0 bridgehead atoms. The second kappa shape index (κ2) is 8.15. The van der Waals surface area contributed by atoms with Crippen molar-refractivity contribution >= 4 is 44.9 Å². The van der Waals surface area contributed by atoms with E-state index in [9.17, 15) is 18.8 Å². The number of carbonyl (C=O) groups excluding carboxylic acids is 2. The van der Waals surface area contributed by atoms with Crippen molar-refractivity contribution in [3.05, 3.63) is 116 Å². The van der Waals surface area contributed by atoms with Crippen LogP contribution in [-0.4, -0.2) is 22.0 Å². The summed E-state index contributed by atoms with van der Waals surface area (Å²) >= 11 is 1.13. The number of benzene rings is 3. The third-order valence-electron chi connectivity index (χ3n) is 7.27. The SMILES string of the molecule is Cc1ccc2oc3c(c(=O)c2c1)C1(C(=O)N(Cc2ccccc2F)c2ccccc21)N(c1nnc(C)s1)C3=O. The van der Waals surface area contributed by atoms with Crippen LogP contribution in [0.4, 0.5) is 15.2 Å². The number of para-hydroxylation sites is 1. The molecule has 0 fully saturated rings. The van der Waals surface area contributed by atoms with Crippen molar-refractivity contribution in [2.45, 2.75) is 25.9 Å². The monoisotopic (exact) mass is 538 g/mol. The third kappa shape index (κ3) is 3.06. The van der Waals surface area contributed by atoms with Gasteiger partial charge in [-0.15, -0.1) is 10.2 Å². The Hall–Kier alpha value is -4.70. The van der Waals surface area contributed by atoms with Crippen molar-refractivity contribution in [2.75, 3.05) is 9.80 Å². The highest BCUT2D eigenvalue weighted by atomic mass is 32.1. The molecule has 7 rings (SSSR count). The number of aromatic nitrogens is 2. The number of aryl methyl sites for hydroxylation is 2. The van der Waals surface area contributed by atoms with Crippen molar-refractivity contribution in [1.82, 2.24) is 10.2 Å². The molecule has 2 amide bonds. The highest BCUT2D eigenvalue weighted by Crippen LogP contribution is 2.54. The van der Waals surface area contributed by atoms with Crippen LogP contribution in [0.15, 0.2) is 75.9 Å². The Balaban J connectivity index is 1.57. The zero-order valence-electron chi connectivity index (χ0n) is 20.8. The molecule has 1 spiro atoms. The minimum absolute atomic E-state index is 0.0769. The summed E-state index contributed by atoms with van der Waals surface area (Å²) in [6.07, 6.45) is 0. The van der Waals surface area contributed by atoms with E-state index in [4.69, 9.17) is 4.42 Å². The van der Waals surface area contributed by atoms with Crippen LogP contribution in [0.3, 0.4) is 0 Å². The Labute approximate surface area is 224 Å². The highest BCUT2D eigenvalue weighted by molar-refractivity contribution is 7.15. The van der Waals surface area contributed by atoms with Crippen LogP contribution < -0.4 is 15.2 Å². The van der Waals surface area contributed by atoms with Crippen LogP contribution in [0.5, 0.6) is 0 Å². The fraction of sp³-hybridized carbons (Fsp3) is 0.138. The fourth-order valence-corrected chi connectivity index (χ4v) is 6.35. The van der Waals surface area contributed by atoms with Crippen molar-refractivity contribution in [3.8, 4) is 0 Å². The van der Waals surface area contributed by atoms with Crippen LogP contribution in [0.1, 0.15) is 37.8 Å². The molecule has 2 aromatic heterocycles. The fourth-order valence-electron chi connectivity index (χ4n) is 5.61. The van der Waals surface area contributed by atoms with Gasteiger partial charge in [-0.2, -0.15) is 0 Å². The summed E-state index contributed by atoms with van der Waals surface area (Å²) in [5.41, 5.74) is -0.239. The average Bonchev–Trinajstić information content (AvgIpc) is 3.54. The molecule has 0 saturated carbocycles. The minimum atomic E-state index is -1.90. The predicted octanol–water partition coefficient (Wildman–Crippen LogP) is 4.85. The Morgan fingerprint density at radius 1 is 0.974 bits per heavy atom. The molecule has 3 aromatic carbocycles. The predicted molar refractivity (Wildman–Crippen MR) is 143 cm³/mol. The van der Waals surface area contributed by atoms with E-state index in [1.54, 1.807) is 67.6 Å². The van der Waals surface area contributed by atoms with Gasteiger partial charge in [0.15, 0.2) is 11.0 Å². The Morgan fingerprint density at radius 3 is 2.51 bits per heavy atom. The number of carbonyl (C=O) groups is 2. The molecule has 0 saturated heterocycles. The molecule has 8 nitrogen and oxygen atoms in total. The summed E-state index contributed by atoms with van der Waals surface area (Å²) in [6.45, 7) is 3.47. The summed E-state index contributed by atoms with van der Waals surface area (Å²) in [4.78, 5) is 45.7. The molecule has 2 aliphatic rings. The summed E-state index contributed by atoms with van der Waals surface area (Å²) in [6, 6.07) is 18.2. The topological polar surface area (TPSA) is 96.6 Å². The summed E-state index contributed by atoms with van der Waals surface area (Å²) < 4.78 is 20.8. The molecule has 5 aromatic rings. The number of fused-ring (bicyclic) bond motifs is 5. The zero-order chi connectivity index (χ0) is 27.1. The van der Waals surface area contributed by atoms with E-state index in [-0.39, 0.29) is 34.0 Å². The third-order valence-corrected chi connectivity index (χ3v) is 8.10. The van der Waals surface area contributed by atoms with E-state index in [1.807, 2.05) is 6.92 Å². The first-order valence-corrected chi connectivity index (χ1v) is 13.0. The van der Waals surface area contributed by atoms with Crippen molar-refractivity contribution in [1.29, 1.82) is 0 Å². The number of halogens is 1. The lowest BCUT2D eigenvalue weighted by molar-refractivity contribution is -0.121. The lowest BCUT2D eigenvalue weighted by Crippen LogP contribution is -2.53. The molecule has 1 unspecified atom stereocenters. The Morgan fingerprint density at radius 2 is 1.74 bits per heavy atom. The minimum Gasteiger partial charge on any atom is -0.450 e. The Bertz CT molecular complexity index is 1930. The molecule has 0 aliphatic carbocycles. The normalized spacial score (nSPS) is 17.9. The van der Waals surface area contributed by atoms with Gasteiger partial charge in [-0.05, 0) is 38.1 Å². The van der Waals surface area contributed by atoms with Gasteiger partial charge in [-0.1, -0.05) is 59.4 Å². The molecular formula is C29H19FN4O4S. The maximum absolute atomic E-state index is 14.8. The quantitative estimate of drug-likeness (QED) is 0.326. The van der Waals surface area contributed by atoms with Crippen molar-refractivity contribution in [2.24, 2.45) is 0 Å². The van der Waals surface area contributed by atoms with Crippen LogP contribution in [0, 0.1) is 19.7 Å². The van der Waals surface area contributed by atoms with Crippen LogP contribution >= 0.6 is 11.3 Å². The van der Waals surface area contributed by atoms with Gasteiger partial charge in [0.05, 0.1) is 23.2 Å². The summed E-state index contributed by atoms with van der Waals surface area (Å²) in [5.74, 6) is -1.94. The number of hydrogen-bond donors (Lipinski definition) is 0. The molecule has 4 heterocycles. The number of hydrogen-bond acceptors (Lipinski definition) is 7. The first-order chi connectivity index (χ1) is 18.8. The van der Waals surface area contributed by atoms with Gasteiger partial charge in [-0.3, -0.25) is 19.3 Å². The van der Waals surface area contributed by atoms with Crippen LogP contribution in [-0.2, 0) is 16.9 Å². The van der Waals surface area contributed by atoms with Gasteiger partial charge in [0, 0.05) is 11.1 Å². The maximum Gasteiger partial charge on any atom is 0.297 e. The number of amides is 2. The summed E-state index contributed by atoms with van der Waals surface area (Å²) in [5, 5.41) is 9.25. The number of rotatable bonds is 3. The van der Waals surface area contributed by atoms with E-state index < -0.39 is 28.6 Å². The number of anilines is 2. The molecule has 2 aliphatic heterocycles. The molecule has 39 heavy (non-hydrogen) atoms. The van der Waals surface area contributed by atoms with Gasteiger partial charge in [0.2, 0.25) is 10.9 Å². The van der Waals surface area contributed by atoms with E-state index in [2.05, 4.69) is 10.2 Å². The van der Waals surface area contributed by atoms with E-state index in [0.717, 1.165) is 16.9 Å². The lowest BCUT2D eigenvalue weighted by atomic mass is 9.84. The Kier molecular flexibility index (Phi) is 4.89. The molecule has 192 valence electrons. The molecular weight excluding hydrogens is 519 g/mol. The first-order valence-electron chi connectivity index (χ1n) is 12.2. The molecule has 10 heteroatoms. The van der Waals surface area contributed by atoms with Crippen molar-refractivity contribution < 1.29 is 18.4 Å². The van der Waals surface area contributed by atoms with Gasteiger partial charge >= 0.3 is 0 Å². The second-order valence-electron chi connectivity index (χ2n) is 9.59. The standard InChI is InChI=1S/C29H19FN4O4S/c1-15-11-12-22-18(13-15)24(35)23-25(38-22)26(36)34(28-32-31-16(2)39-28)29(23)19-8-4-6-10-21(19)33(27(29)37)14-17-7-3-5-9-20(17)30/h3-13H,14H2,1-2H3. The highest BCUT2D eigenvalue weighted by Gasteiger charge is 2.66. The van der Waals surface area contributed by atoms with E-state index in [0.29, 0.717) is 21.8 Å². The smallest absolute Gasteiger partial charge is 0.297 e. The second-order valence-corrected chi connectivity index (χ2v) is 10.7. The van der Waals surface area contributed by atoms with Gasteiger partial charge in [0.25, 0.3) is 11.8 Å². The largest absolute Gasteiger partial charge is 0.450 e. The van der Waals surface area contributed by atoms with Crippen LogP contribution in [0.25, 0.3) is 11.0 Å². The molecule has 1 atom stereocenters. The molecule has 0 radical (unpaired) electrons. The maximum atomic E-state index is 14.8. The lowest BCUT2D eigenvalue weighted by Gasteiger charge is -2.32. The first kappa shape index (κ1) is 23.4. The van der Waals surface area contributed by atoms with Crippen molar-refractivity contribution in [3.63, 3.8) is 0 Å². The average molecular weight is 539 g/mol. The van der Waals surface area contributed by atoms with E-state index >= 15 is 0 Å².